The minimum Gasteiger partial charge on any atom is -0.493 e. The van der Waals surface area contributed by atoms with Crippen molar-refractivity contribution in [3.8, 4) is 11.5 Å². The maximum Gasteiger partial charge on any atom is 0.259 e. The van der Waals surface area contributed by atoms with Gasteiger partial charge in [-0.15, -0.1) is 0 Å². The molecular formula is C18H19BrIN3O3. The van der Waals surface area contributed by atoms with Gasteiger partial charge in [0.25, 0.3) is 5.91 Å². The van der Waals surface area contributed by atoms with Gasteiger partial charge in [-0.3, -0.25) is 4.79 Å². The topological polar surface area (TPSA) is 72.0 Å². The number of hydrogen-bond acceptors (Lipinski definition) is 5. The standard InChI is InChI=1S/C18H19BrIN3O3/c1-11-6-13(4-5-15(11)20)21-10-17(24)23-22-9-12-7-14(19)18(26-3)16(8-12)25-2/h4-9,21H,10H2,1-3H3,(H,23,24)/b22-9-. The summed E-state index contributed by atoms with van der Waals surface area (Å²) in [5, 5.41) is 7.04. The van der Waals surface area contributed by atoms with E-state index in [9.17, 15) is 4.79 Å². The summed E-state index contributed by atoms with van der Waals surface area (Å²) in [7, 11) is 3.13. The average molecular weight is 532 g/mol. The Labute approximate surface area is 174 Å². The lowest BCUT2D eigenvalue weighted by molar-refractivity contribution is -0.119. The minimum atomic E-state index is -0.239. The zero-order valence-corrected chi connectivity index (χ0v) is 18.3. The predicted octanol–water partition coefficient (Wildman–Crippen LogP) is 3.94. The van der Waals surface area contributed by atoms with Crippen LogP contribution in [-0.2, 0) is 4.79 Å². The summed E-state index contributed by atoms with van der Waals surface area (Å²) in [5.74, 6) is 0.938. The molecule has 26 heavy (non-hydrogen) atoms. The van der Waals surface area contributed by atoms with Crippen molar-refractivity contribution in [2.24, 2.45) is 5.10 Å². The number of ether oxygens (including phenoxy) is 2. The van der Waals surface area contributed by atoms with Gasteiger partial charge in [-0.1, -0.05) is 0 Å². The van der Waals surface area contributed by atoms with Crippen LogP contribution >= 0.6 is 38.5 Å². The van der Waals surface area contributed by atoms with Gasteiger partial charge in [-0.05, 0) is 86.9 Å². The molecule has 0 aliphatic heterocycles. The molecule has 0 aromatic heterocycles. The second-order valence-electron chi connectivity index (χ2n) is 5.35. The molecule has 0 atom stereocenters. The van der Waals surface area contributed by atoms with Gasteiger partial charge in [0.2, 0.25) is 0 Å². The monoisotopic (exact) mass is 531 g/mol. The Bertz CT molecular complexity index is 828. The molecule has 0 aliphatic rings. The predicted molar refractivity (Wildman–Crippen MR) is 115 cm³/mol. The van der Waals surface area contributed by atoms with Crippen molar-refractivity contribution in [2.45, 2.75) is 6.92 Å². The molecular weight excluding hydrogens is 513 g/mol. The molecule has 0 radical (unpaired) electrons. The Morgan fingerprint density at radius 3 is 2.69 bits per heavy atom. The number of nitrogens with one attached hydrogen (secondary N) is 2. The fourth-order valence-corrected chi connectivity index (χ4v) is 3.12. The SMILES string of the molecule is COc1cc(/C=N\NC(=O)CNc2ccc(I)c(C)c2)cc(Br)c1OC. The Morgan fingerprint density at radius 2 is 2.04 bits per heavy atom. The van der Waals surface area contributed by atoms with Crippen molar-refractivity contribution in [3.63, 3.8) is 0 Å². The smallest absolute Gasteiger partial charge is 0.259 e. The number of nitrogens with zero attached hydrogens (tertiary/aromatic N) is 1. The molecule has 0 saturated heterocycles. The van der Waals surface area contributed by atoms with Crippen molar-refractivity contribution in [1.29, 1.82) is 0 Å². The normalized spacial score (nSPS) is 10.7. The zero-order chi connectivity index (χ0) is 19.1. The molecule has 2 N–H and O–H groups in total. The quantitative estimate of drug-likeness (QED) is 0.322. The van der Waals surface area contributed by atoms with Crippen LogP contribution < -0.4 is 20.2 Å². The molecule has 0 aliphatic carbocycles. The number of methoxy groups -OCH3 is 2. The van der Waals surface area contributed by atoms with Gasteiger partial charge in [0.15, 0.2) is 11.5 Å². The number of carbonyl (C=O) groups is 1. The molecule has 0 fully saturated rings. The molecule has 8 heteroatoms. The van der Waals surface area contributed by atoms with Crippen LogP contribution in [0.4, 0.5) is 5.69 Å². The van der Waals surface area contributed by atoms with E-state index < -0.39 is 0 Å². The lowest BCUT2D eigenvalue weighted by Crippen LogP contribution is -2.25. The molecule has 1 amide bonds. The van der Waals surface area contributed by atoms with Gasteiger partial charge in [0, 0.05) is 9.26 Å². The molecule has 0 saturated carbocycles. The highest BCUT2D eigenvalue weighted by Crippen LogP contribution is 2.35. The summed E-state index contributed by atoms with van der Waals surface area (Å²) in [6, 6.07) is 9.53. The van der Waals surface area contributed by atoms with Crippen LogP contribution in [0.1, 0.15) is 11.1 Å². The first-order valence-corrected chi connectivity index (χ1v) is 9.55. The van der Waals surface area contributed by atoms with Crippen LogP contribution in [-0.4, -0.2) is 32.9 Å². The zero-order valence-electron chi connectivity index (χ0n) is 14.6. The minimum absolute atomic E-state index is 0.132. The van der Waals surface area contributed by atoms with E-state index in [1.54, 1.807) is 26.5 Å². The third-order valence-electron chi connectivity index (χ3n) is 3.47. The third kappa shape index (κ3) is 5.60. The van der Waals surface area contributed by atoms with E-state index in [-0.39, 0.29) is 12.5 Å². The Morgan fingerprint density at radius 1 is 1.27 bits per heavy atom. The Balaban J connectivity index is 1.92. The van der Waals surface area contributed by atoms with Crippen molar-refractivity contribution >= 4 is 56.3 Å². The van der Waals surface area contributed by atoms with E-state index in [0.29, 0.717) is 11.5 Å². The molecule has 6 nitrogen and oxygen atoms in total. The highest BCUT2D eigenvalue weighted by atomic mass is 127. The number of benzene rings is 2. The van der Waals surface area contributed by atoms with Crippen LogP contribution in [0.5, 0.6) is 11.5 Å². The van der Waals surface area contributed by atoms with Crippen LogP contribution in [0.2, 0.25) is 0 Å². The number of anilines is 1. The van der Waals surface area contributed by atoms with E-state index in [4.69, 9.17) is 9.47 Å². The lowest BCUT2D eigenvalue weighted by Gasteiger charge is -2.10. The van der Waals surface area contributed by atoms with E-state index in [1.165, 1.54) is 3.57 Å². The van der Waals surface area contributed by atoms with Gasteiger partial charge in [0.1, 0.15) is 0 Å². The van der Waals surface area contributed by atoms with Crippen molar-refractivity contribution < 1.29 is 14.3 Å². The van der Waals surface area contributed by atoms with Crippen LogP contribution in [0.15, 0.2) is 39.9 Å². The second-order valence-corrected chi connectivity index (χ2v) is 7.37. The number of rotatable bonds is 7. The Kier molecular flexibility index (Phi) is 7.70. The molecule has 2 rings (SSSR count). The maximum atomic E-state index is 11.9. The first kappa shape index (κ1) is 20.5. The van der Waals surface area contributed by atoms with E-state index in [1.807, 2.05) is 31.2 Å². The molecule has 138 valence electrons. The largest absolute Gasteiger partial charge is 0.493 e. The van der Waals surface area contributed by atoms with E-state index in [0.717, 1.165) is 21.3 Å². The molecule has 2 aromatic carbocycles. The van der Waals surface area contributed by atoms with E-state index in [2.05, 4.69) is 54.4 Å². The van der Waals surface area contributed by atoms with Gasteiger partial charge in [0.05, 0.1) is 31.5 Å². The van der Waals surface area contributed by atoms with Gasteiger partial charge in [-0.2, -0.15) is 5.10 Å². The summed E-state index contributed by atoms with van der Waals surface area (Å²) in [4.78, 5) is 11.9. The van der Waals surface area contributed by atoms with Gasteiger partial charge >= 0.3 is 0 Å². The average Bonchev–Trinajstić information content (AvgIpc) is 2.62. The first-order chi connectivity index (χ1) is 12.4. The first-order valence-electron chi connectivity index (χ1n) is 7.68. The van der Waals surface area contributed by atoms with Gasteiger partial charge < -0.3 is 14.8 Å². The summed E-state index contributed by atoms with van der Waals surface area (Å²) in [5.41, 5.74) is 5.31. The summed E-state index contributed by atoms with van der Waals surface area (Å²) in [6.45, 7) is 2.16. The van der Waals surface area contributed by atoms with Crippen LogP contribution in [0.25, 0.3) is 0 Å². The number of hydrogen-bond donors (Lipinski definition) is 2. The maximum absolute atomic E-state index is 11.9. The molecule has 0 heterocycles. The van der Waals surface area contributed by atoms with Crippen LogP contribution in [0.3, 0.4) is 0 Å². The number of halogens is 2. The van der Waals surface area contributed by atoms with Crippen molar-refractivity contribution in [2.75, 3.05) is 26.1 Å². The molecule has 0 unspecified atom stereocenters. The molecule has 2 aromatic rings. The van der Waals surface area contributed by atoms with Crippen LogP contribution in [0, 0.1) is 10.5 Å². The lowest BCUT2D eigenvalue weighted by atomic mass is 10.2. The fraction of sp³-hybridized carbons (Fsp3) is 0.222. The van der Waals surface area contributed by atoms with Crippen molar-refractivity contribution in [1.82, 2.24) is 5.43 Å². The highest BCUT2D eigenvalue weighted by molar-refractivity contribution is 14.1. The third-order valence-corrected chi connectivity index (χ3v) is 5.27. The number of hydrazone groups is 1. The van der Waals surface area contributed by atoms with Crippen molar-refractivity contribution in [3.05, 3.63) is 49.5 Å². The van der Waals surface area contributed by atoms with Gasteiger partial charge in [-0.25, -0.2) is 5.43 Å². The number of aryl methyl sites for hydroxylation is 1. The summed E-state index contributed by atoms with van der Waals surface area (Å²) in [6.07, 6.45) is 1.54. The summed E-state index contributed by atoms with van der Waals surface area (Å²) >= 11 is 5.69. The number of carbonyl (C=O) groups excluding carboxylic acids is 1. The Hall–Kier alpha value is -1.81. The molecule has 0 bridgehead atoms. The van der Waals surface area contributed by atoms with E-state index >= 15 is 0 Å². The number of amides is 1. The highest BCUT2D eigenvalue weighted by Gasteiger charge is 2.09. The fourth-order valence-electron chi connectivity index (χ4n) is 2.17. The molecule has 0 spiro atoms. The summed E-state index contributed by atoms with van der Waals surface area (Å²) < 4.78 is 12.5. The second kappa shape index (κ2) is 9.77.